The van der Waals surface area contributed by atoms with Crippen LogP contribution in [0.15, 0.2) is 41.3 Å². The number of carbonyl (C=O) groups is 2. The Hall–Kier alpha value is -3.31. The first-order valence-corrected chi connectivity index (χ1v) is 10.3. The molecular weight excluding hydrogens is 414 g/mol. The van der Waals surface area contributed by atoms with Crippen LogP contribution >= 0.6 is 0 Å². The van der Waals surface area contributed by atoms with Gasteiger partial charge in [-0.1, -0.05) is 6.07 Å². The molecule has 0 aliphatic carbocycles. The number of hydrogen-bond donors (Lipinski definition) is 2. The molecule has 30 heavy (non-hydrogen) atoms. The van der Waals surface area contributed by atoms with E-state index in [0.717, 1.165) is 4.31 Å². The average molecular weight is 435 g/mol. The molecule has 0 spiro atoms. The predicted molar refractivity (Wildman–Crippen MR) is 106 cm³/mol. The summed E-state index contributed by atoms with van der Waals surface area (Å²) in [6.45, 7) is 0.706. The monoisotopic (exact) mass is 435 g/mol. The van der Waals surface area contributed by atoms with Crippen LogP contribution in [0.3, 0.4) is 0 Å². The Kier molecular flexibility index (Phi) is 6.13. The molecule has 0 aromatic heterocycles. The highest BCUT2D eigenvalue weighted by molar-refractivity contribution is 7.89. The van der Waals surface area contributed by atoms with E-state index in [4.69, 9.17) is 14.2 Å². The predicted octanol–water partition coefficient (Wildman–Crippen LogP) is 0.791. The van der Waals surface area contributed by atoms with E-state index in [0.29, 0.717) is 30.5 Å². The van der Waals surface area contributed by atoms with Crippen molar-refractivity contribution in [2.45, 2.75) is 4.90 Å². The minimum atomic E-state index is -3.70. The number of ether oxygens (including phenoxy) is 3. The minimum Gasteiger partial charge on any atom is -0.493 e. The number of fused-ring (bicyclic) bond motifs is 1. The van der Waals surface area contributed by atoms with Crippen LogP contribution in [0, 0.1) is 0 Å². The molecule has 2 aromatic carbocycles. The topological polar surface area (TPSA) is 123 Å². The van der Waals surface area contributed by atoms with Gasteiger partial charge in [-0.3, -0.25) is 20.4 Å². The lowest BCUT2D eigenvalue weighted by Crippen LogP contribution is -2.41. The van der Waals surface area contributed by atoms with E-state index in [1.165, 1.54) is 57.6 Å². The van der Waals surface area contributed by atoms with Crippen LogP contribution in [0.2, 0.25) is 0 Å². The van der Waals surface area contributed by atoms with Gasteiger partial charge in [-0.2, -0.15) is 0 Å². The summed E-state index contributed by atoms with van der Waals surface area (Å²) < 4.78 is 41.7. The largest absolute Gasteiger partial charge is 0.493 e. The number of rotatable bonds is 5. The number of amides is 2. The molecule has 2 amide bonds. The average Bonchev–Trinajstić information content (AvgIpc) is 2.76. The highest BCUT2D eigenvalue weighted by Crippen LogP contribution is 2.40. The Morgan fingerprint density at radius 3 is 2.33 bits per heavy atom. The van der Waals surface area contributed by atoms with Crippen molar-refractivity contribution >= 4 is 21.8 Å². The standard InChI is InChI=1S/C19H21N3O7S/c1-22(2)30(25,26)14-6-4-5-12(9-14)18(23)20-21-19(24)13-10-15(27-3)17-16(11-13)28-7-8-29-17/h4-6,9-11H,7-8H2,1-3H3,(H,20,23)(H,21,24). The van der Waals surface area contributed by atoms with Crippen molar-refractivity contribution in [1.29, 1.82) is 0 Å². The zero-order chi connectivity index (χ0) is 21.9. The van der Waals surface area contributed by atoms with E-state index < -0.39 is 21.8 Å². The fraction of sp³-hybridized carbons (Fsp3) is 0.263. The van der Waals surface area contributed by atoms with Gasteiger partial charge in [0.2, 0.25) is 15.8 Å². The molecule has 1 heterocycles. The molecule has 0 fully saturated rings. The molecule has 160 valence electrons. The summed E-state index contributed by atoms with van der Waals surface area (Å²) in [5.74, 6) is -0.202. The summed E-state index contributed by atoms with van der Waals surface area (Å²) in [6.07, 6.45) is 0. The van der Waals surface area contributed by atoms with Crippen molar-refractivity contribution in [1.82, 2.24) is 15.2 Å². The molecule has 1 aliphatic rings. The lowest BCUT2D eigenvalue weighted by molar-refractivity contribution is 0.0845. The summed E-state index contributed by atoms with van der Waals surface area (Å²) >= 11 is 0. The Balaban J connectivity index is 1.73. The number of benzene rings is 2. The molecule has 11 heteroatoms. The number of carbonyl (C=O) groups excluding carboxylic acids is 2. The van der Waals surface area contributed by atoms with Crippen LogP contribution in [-0.2, 0) is 10.0 Å². The molecule has 0 atom stereocenters. The zero-order valence-corrected chi connectivity index (χ0v) is 17.4. The molecule has 0 bridgehead atoms. The van der Waals surface area contributed by atoms with Crippen molar-refractivity contribution in [3.05, 3.63) is 47.5 Å². The number of methoxy groups -OCH3 is 1. The molecule has 2 aromatic rings. The third-order valence-electron chi connectivity index (χ3n) is 4.25. The highest BCUT2D eigenvalue weighted by Gasteiger charge is 2.22. The quantitative estimate of drug-likeness (QED) is 0.666. The van der Waals surface area contributed by atoms with Crippen LogP contribution in [0.25, 0.3) is 0 Å². The van der Waals surface area contributed by atoms with Crippen LogP contribution in [0.1, 0.15) is 20.7 Å². The Morgan fingerprint density at radius 2 is 1.67 bits per heavy atom. The minimum absolute atomic E-state index is 0.0388. The summed E-state index contributed by atoms with van der Waals surface area (Å²) in [7, 11) is 0.524. The third-order valence-corrected chi connectivity index (χ3v) is 6.07. The smallest absolute Gasteiger partial charge is 0.269 e. The van der Waals surface area contributed by atoms with Gasteiger partial charge < -0.3 is 14.2 Å². The van der Waals surface area contributed by atoms with E-state index in [9.17, 15) is 18.0 Å². The van der Waals surface area contributed by atoms with Gasteiger partial charge in [-0.05, 0) is 30.3 Å². The summed E-state index contributed by atoms with van der Waals surface area (Å²) in [5.41, 5.74) is 4.80. The first-order chi connectivity index (χ1) is 14.2. The molecular formula is C19H21N3O7S. The summed E-state index contributed by atoms with van der Waals surface area (Å²) in [6, 6.07) is 8.42. The second-order valence-corrected chi connectivity index (χ2v) is 8.58. The van der Waals surface area contributed by atoms with Gasteiger partial charge in [0.25, 0.3) is 11.8 Å². The first kappa shape index (κ1) is 21.4. The lowest BCUT2D eigenvalue weighted by atomic mass is 10.1. The second kappa shape index (κ2) is 8.59. The van der Waals surface area contributed by atoms with Crippen molar-refractivity contribution in [2.24, 2.45) is 0 Å². The van der Waals surface area contributed by atoms with E-state index in [-0.39, 0.29) is 16.0 Å². The SMILES string of the molecule is COc1cc(C(=O)NNC(=O)c2cccc(S(=O)(=O)N(C)C)c2)cc2c1OCCO2. The van der Waals surface area contributed by atoms with Gasteiger partial charge in [0.05, 0.1) is 12.0 Å². The van der Waals surface area contributed by atoms with E-state index in [1.54, 1.807) is 0 Å². The molecule has 3 rings (SSSR count). The van der Waals surface area contributed by atoms with E-state index in [1.807, 2.05) is 0 Å². The van der Waals surface area contributed by atoms with Crippen LogP contribution in [0.4, 0.5) is 0 Å². The fourth-order valence-electron chi connectivity index (χ4n) is 2.67. The van der Waals surface area contributed by atoms with E-state index in [2.05, 4.69) is 10.9 Å². The maximum Gasteiger partial charge on any atom is 0.269 e. The fourth-order valence-corrected chi connectivity index (χ4v) is 3.62. The Labute approximate surface area is 173 Å². The van der Waals surface area contributed by atoms with E-state index >= 15 is 0 Å². The molecule has 0 saturated heterocycles. The second-order valence-electron chi connectivity index (χ2n) is 6.43. The molecule has 10 nitrogen and oxygen atoms in total. The molecule has 0 saturated carbocycles. The van der Waals surface area contributed by atoms with Gasteiger partial charge in [0.15, 0.2) is 11.5 Å². The maximum absolute atomic E-state index is 12.5. The number of hydrogen-bond acceptors (Lipinski definition) is 7. The number of nitrogens with zero attached hydrogens (tertiary/aromatic N) is 1. The normalized spacial score (nSPS) is 12.9. The summed E-state index contributed by atoms with van der Waals surface area (Å²) in [4.78, 5) is 24.8. The van der Waals surface area contributed by atoms with Crippen molar-refractivity contribution in [3.63, 3.8) is 0 Å². The van der Waals surface area contributed by atoms with Crippen molar-refractivity contribution < 1.29 is 32.2 Å². The maximum atomic E-state index is 12.5. The number of hydrazine groups is 1. The van der Waals surface area contributed by atoms with Gasteiger partial charge in [0.1, 0.15) is 13.2 Å². The summed E-state index contributed by atoms with van der Waals surface area (Å²) in [5, 5.41) is 0. The molecule has 2 N–H and O–H groups in total. The van der Waals surface area contributed by atoms with Gasteiger partial charge in [0, 0.05) is 25.2 Å². The first-order valence-electron chi connectivity index (χ1n) is 8.85. The zero-order valence-electron chi connectivity index (χ0n) is 16.6. The van der Waals surface area contributed by atoms with Crippen molar-refractivity contribution in [3.8, 4) is 17.2 Å². The number of sulfonamides is 1. The van der Waals surface area contributed by atoms with Crippen molar-refractivity contribution in [2.75, 3.05) is 34.4 Å². The molecule has 1 aliphatic heterocycles. The van der Waals surface area contributed by atoms with Crippen LogP contribution in [-0.4, -0.2) is 59.0 Å². The van der Waals surface area contributed by atoms with Gasteiger partial charge in [-0.15, -0.1) is 0 Å². The highest BCUT2D eigenvalue weighted by atomic mass is 32.2. The number of nitrogens with one attached hydrogen (secondary N) is 2. The lowest BCUT2D eigenvalue weighted by Gasteiger charge is -2.21. The Morgan fingerprint density at radius 1 is 1.00 bits per heavy atom. The molecule has 0 radical (unpaired) electrons. The van der Waals surface area contributed by atoms with Crippen LogP contribution in [0.5, 0.6) is 17.2 Å². The van der Waals surface area contributed by atoms with Gasteiger partial charge >= 0.3 is 0 Å². The third kappa shape index (κ3) is 4.31. The van der Waals surface area contributed by atoms with Gasteiger partial charge in [-0.25, -0.2) is 12.7 Å². The Bertz CT molecular complexity index is 1070. The molecule has 0 unspecified atom stereocenters. The van der Waals surface area contributed by atoms with Crippen LogP contribution < -0.4 is 25.1 Å².